The molecule has 2 rings (SSSR count). The number of para-hydroxylation sites is 1. The van der Waals surface area contributed by atoms with Gasteiger partial charge in [0.15, 0.2) is 0 Å². The molecule has 17 heavy (non-hydrogen) atoms. The van der Waals surface area contributed by atoms with Crippen LogP contribution in [0.1, 0.15) is 10.4 Å². The van der Waals surface area contributed by atoms with Gasteiger partial charge < -0.3 is 4.74 Å². The summed E-state index contributed by atoms with van der Waals surface area (Å²) in [4.78, 5) is 11.6. The summed E-state index contributed by atoms with van der Waals surface area (Å²) in [6, 6.07) is 18.0. The molecular formula is C13H10Na2O2. The fourth-order valence-electron chi connectivity index (χ4n) is 1.23. The molecule has 0 saturated carbocycles. The van der Waals surface area contributed by atoms with Gasteiger partial charge in [0.05, 0.1) is 5.56 Å². The molecule has 4 heteroatoms. The molecule has 0 aliphatic heterocycles. The molecule has 0 bridgehead atoms. The van der Waals surface area contributed by atoms with Gasteiger partial charge in [-0.2, -0.15) is 0 Å². The summed E-state index contributed by atoms with van der Waals surface area (Å²) < 4.78 is 5.16. The van der Waals surface area contributed by atoms with Crippen molar-refractivity contribution in [2.75, 3.05) is 0 Å². The Morgan fingerprint density at radius 2 is 1.24 bits per heavy atom. The van der Waals surface area contributed by atoms with Crippen molar-refractivity contribution in [3.63, 3.8) is 0 Å². The van der Waals surface area contributed by atoms with Crippen LogP contribution < -0.4 is 4.74 Å². The number of carbonyl (C=O) groups excluding carboxylic acids is 1. The number of hydrogen-bond acceptors (Lipinski definition) is 2. The largest absolute Gasteiger partial charge is 0.423 e. The van der Waals surface area contributed by atoms with Crippen molar-refractivity contribution < 1.29 is 9.53 Å². The molecule has 0 saturated heterocycles. The zero-order chi connectivity index (χ0) is 10.5. The van der Waals surface area contributed by atoms with Crippen LogP contribution in [0.25, 0.3) is 0 Å². The Kier molecular flexibility index (Phi) is 8.88. The van der Waals surface area contributed by atoms with Gasteiger partial charge in [-0.15, -0.1) is 0 Å². The Morgan fingerprint density at radius 3 is 1.76 bits per heavy atom. The molecule has 0 unspecified atom stereocenters. The molecule has 0 spiro atoms. The van der Waals surface area contributed by atoms with E-state index in [1.54, 1.807) is 24.3 Å². The van der Waals surface area contributed by atoms with Crippen molar-refractivity contribution in [2.24, 2.45) is 0 Å². The van der Waals surface area contributed by atoms with Gasteiger partial charge in [0.2, 0.25) is 0 Å². The number of hydrogen-bond donors (Lipinski definition) is 0. The number of esters is 1. The third-order valence-corrected chi connectivity index (χ3v) is 1.96. The van der Waals surface area contributed by atoms with Gasteiger partial charge in [-0.05, 0) is 24.3 Å². The summed E-state index contributed by atoms with van der Waals surface area (Å²) in [5, 5.41) is 0. The van der Waals surface area contributed by atoms with Gasteiger partial charge in [0.1, 0.15) is 5.75 Å². The van der Waals surface area contributed by atoms with Crippen molar-refractivity contribution in [3.05, 3.63) is 66.2 Å². The van der Waals surface area contributed by atoms with Crippen molar-refractivity contribution in [3.8, 4) is 5.75 Å². The minimum Gasteiger partial charge on any atom is -0.423 e. The van der Waals surface area contributed by atoms with Gasteiger partial charge in [0.25, 0.3) is 0 Å². The Balaban J connectivity index is 0.00000128. The Morgan fingerprint density at radius 1 is 0.765 bits per heavy atom. The molecule has 0 N–H and O–H groups in total. The smallest absolute Gasteiger partial charge is 0.343 e. The molecular weight excluding hydrogens is 234 g/mol. The van der Waals surface area contributed by atoms with E-state index >= 15 is 0 Å². The van der Waals surface area contributed by atoms with Crippen LogP contribution in [0.15, 0.2) is 60.7 Å². The van der Waals surface area contributed by atoms with Gasteiger partial charge in [0, 0.05) is 59.1 Å². The molecule has 0 heterocycles. The molecule has 0 aliphatic carbocycles. The topological polar surface area (TPSA) is 26.3 Å². The van der Waals surface area contributed by atoms with Crippen molar-refractivity contribution >= 4 is 65.1 Å². The fourth-order valence-corrected chi connectivity index (χ4v) is 1.23. The van der Waals surface area contributed by atoms with E-state index in [0.29, 0.717) is 11.3 Å². The molecule has 76 valence electrons. The van der Waals surface area contributed by atoms with Crippen LogP contribution in [0.3, 0.4) is 0 Å². The summed E-state index contributed by atoms with van der Waals surface area (Å²) in [7, 11) is 0. The summed E-state index contributed by atoms with van der Waals surface area (Å²) in [6.07, 6.45) is 0. The second-order valence-electron chi connectivity index (χ2n) is 3.07. The summed E-state index contributed by atoms with van der Waals surface area (Å²) in [6.45, 7) is 0. The summed E-state index contributed by atoms with van der Waals surface area (Å²) >= 11 is 0. The van der Waals surface area contributed by atoms with E-state index in [0.717, 1.165) is 0 Å². The molecule has 0 aromatic heterocycles. The van der Waals surface area contributed by atoms with Gasteiger partial charge in [-0.1, -0.05) is 36.4 Å². The predicted octanol–water partition coefficient (Wildman–Crippen LogP) is 2.14. The summed E-state index contributed by atoms with van der Waals surface area (Å²) in [5.41, 5.74) is 0.557. The maximum Gasteiger partial charge on any atom is 0.343 e. The summed E-state index contributed by atoms with van der Waals surface area (Å²) in [5.74, 6) is 0.230. The molecule has 0 amide bonds. The number of ether oxygens (including phenoxy) is 1. The zero-order valence-electron chi connectivity index (χ0n) is 10.1. The van der Waals surface area contributed by atoms with E-state index < -0.39 is 0 Å². The van der Waals surface area contributed by atoms with Crippen LogP contribution in [0, 0.1) is 0 Å². The maximum absolute atomic E-state index is 11.6. The average Bonchev–Trinajstić information content (AvgIpc) is 2.31. The second kappa shape index (κ2) is 8.92. The molecule has 0 atom stereocenters. The molecule has 2 aromatic rings. The van der Waals surface area contributed by atoms with Crippen molar-refractivity contribution in [1.29, 1.82) is 0 Å². The quantitative estimate of drug-likeness (QED) is 0.459. The molecule has 0 fully saturated rings. The van der Waals surface area contributed by atoms with Gasteiger partial charge in [-0.3, -0.25) is 0 Å². The monoisotopic (exact) mass is 244 g/mol. The first kappa shape index (κ1) is 16.9. The van der Waals surface area contributed by atoms with Crippen LogP contribution in [0.4, 0.5) is 0 Å². The van der Waals surface area contributed by atoms with E-state index in [-0.39, 0.29) is 65.1 Å². The minimum atomic E-state index is -0.332. The molecule has 0 aliphatic rings. The zero-order valence-corrected chi connectivity index (χ0v) is 14.1. The Hall–Kier alpha value is -0.0900. The van der Waals surface area contributed by atoms with E-state index in [1.165, 1.54) is 0 Å². The second-order valence-corrected chi connectivity index (χ2v) is 3.07. The van der Waals surface area contributed by atoms with Crippen LogP contribution in [-0.2, 0) is 0 Å². The van der Waals surface area contributed by atoms with E-state index in [2.05, 4.69) is 0 Å². The van der Waals surface area contributed by atoms with Crippen LogP contribution in [0.2, 0.25) is 0 Å². The standard InChI is InChI=1S/C13H10O2.2Na/c14-13(11-7-3-1-4-8-11)15-12-9-5-2-6-10-12;;/h1-10H;;. The number of rotatable bonds is 2. The first-order valence-corrected chi connectivity index (χ1v) is 4.68. The van der Waals surface area contributed by atoms with Crippen molar-refractivity contribution in [2.45, 2.75) is 0 Å². The van der Waals surface area contributed by atoms with Gasteiger partial charge >= 0.3 is 5.97 Å². The number of carbonyl (C=O) groups is 1. The Labute approximate surface area is 145 Å². The SMILES string of the molecule is O=C(Oc1ccccc1)c1ccccc1.[Na].[Na]. The molecule has 2 aromatic carbocycles. The third kappa shape index (κ3) is 5.38. The maximum atomic E-state index is 11.6. The molecule has 2 nitrogen and oxygen atoms in total. The minimum absolute atomic E-state index is 0. The fraction of sp³-hybridized carbons (Fsp3) is 0. The van der Waals surface area contributed by atoms with Gasteiger partial charge in [-0.25, -0.2) is 4.79 Å². The van der Waals surface area contributed by atoms with Crippen LogP contribution >= 0.6 is 0 Å². The van der Waals surface area contributed by atoms with Crippen molar-refractivity contribution in [1.82, 2.24) is 0 Å². The third-order valence-electron chi connectivity index (χ3n) is 1.96. The average molecular weight is 244 g/mol. The predicted molar refractivity (Wildman–Crippen MR) is 69.4 cm³/mol. The van der Waals surface area contributed by atoms with Crippen LogP contribution in [-0.4, -0.2) is 65.1 Å². The number of benzene rings is 2. The van der Waals surface area contributed by atoms with E-state index in [4.69, 9.17) is 4.74 Å². The molecule has 2 radical (unpaired) electrons. The normalized spacial score (nSPS) is 8.47. The van der Waals surface area contributed by atoms with E-state index in [9.17, 15) is 4.79 Å². The first-order valence-electron chi connectivity index (χ1n) is 4.68. The Bertz CT molecular complexity index is 443. The van der Waals surface area contributed by atoms with E-state index in [1.807, 2.05) is 36.4 Å². The van der Waals surface area contributed by atoms with Crippen LogP contribution in [0.5, 0.6) is 5.75 Å². The first-order chi connectivity index (χ1) is 7.36.